The molecule has 0 aromatic heterocycles. The van der Waals surface area contributed by atoms with Gasteiger partial charge in [-0.25, -0.2) is 8.78 Å². The van der Waals surface area contributed by atoms with E-state index in [-0.39, 0.29) is 0 Å². The van der Waals surface area contributed by atoms with Crippen molar-refractivity contribution in [1.29, 1.82) is 0 Å². The highest BCUT2D eigenvalue weighted by Gasteiger charge is 2.04. The van der Waals surface area contributed by atoms with Gasteiger partial charge in [0.15, 0.2) is 11.6 Å². The van der Waals surface area contributed by atoms with Crippen LogP contribution in [-0.2, 0) is 6.54 Å². The van der Waals surface area contributed by atoms with Crippen LogP contribution in [-0.4, -0.2) is 6.04 Å². The molecule has 1 aromatic carbocycles. The Kier molecular flexibility index (Phi) is 5.39. The van der Waals surface area contributed by atoms with Gasteiger partial charge in [0.2, 0.25) is 0 Å². The third-order valence-electron chi connectivity index (χ3n) is 2.63. The molecular formula is C13H19F2N. The van der Waals surface area contributed by atoms with E-state index in [1.54, 1.807) is 6.07 Å². The summed E-state index contributed by atoms with van der Waals surface area (Å²) in [4.78, 5) is 0. The predicted molar refractivity (Wildman–Crippen MR) is 62.2 cm³/mol. The van der Waals surface area contributed by atoms with Crippen molar-refractivity contribution >= 4 is 0 Å². The first kappa shape index (κ1) is 13.1. The molecule has 0 spiro atoms. The Balaban J connectivity index is 2.39. The Hall–Kier alpha value is -0.960. The zero-order valence-electron chi connectivity index (χ0n) is 9.89. The first-order valence-electron chi connectivity index (χ1n) is 5.80. The zero-order chi connectivity index (χ0) is 12.0. The van der Waals surface area contributed by atoms with E-state index < -0.39 is 11.6 Å². The first-order chi connectivity index (χ1) is 7.63. The Labute approximate surface area is 95.9 Å². The molecular weight excluding hydrogens is 208 g/mol. The average molecular weight is 227 g/mol. The largest absolute Gasteiger partial charge is 0.310 e. The van der Waals surface area contributed by atoms with Gasteiger partial charge in [-0.1, -0.05) is 25.8 Å². The molecule has 0 radical (unpaired) electrons. The highest BCUT2D eigenvalue weighted by Crippen LogP contribution is 2.09. The monoisotopic (exact) mass is 227 g/mol. The molecule has 0 aliphatic rings. The smallest absolute Gasteiger partial charge is 0.159 e. The van der Waals surface area contributed by atoms with Crippen LogP contribution in [0.1, 0.15) is 38.7 Å². The Morgan fingerprint density at radius 2 is 2.00 bits per heavy atom. The van der Waals surface area contributed by atoms with Crippen LogP contribution >= 0.6 is 0 Å². The molecule has 0 aliphatic carbocycles. The zero-order valence-corrected chi connectivity index (χ0v) is 9.89. The maximum absolute atomic E-state index is 12.9. The predicted octanol–water partition coefficient (Wildman–Crippen LogP) is 3.63. The lowest BCUT2D eigenvalue weighted by atomic mass is 10.1. The number of unbranched alkanes of at least 4 members (excludes halogenated alkanes) is 1. The molecule has 1 N–H and O–H groups in total. The molecule has 0 aliphatic heterocycles. The van der Waals surface area contributed by atoms with Gasteiger partial charge in [-0.15, -0.1) is 0 Å². The first-order valence-corrected chi connectivity index (χ1v) is 5.80. The topological polar surface area (TPSA) is 12.0 Å². The number of halogens is 2. The maximum atomic E-state index is 12.9. The number of hydrogen-bond acceptors (Lipinski definition) is 1. The van der Waals surface area contributed by atoms with E-state index in [1.165, 1.54) is 25.0 Å². The number of nitrogens with one attached hydrogen (secondary N) is 1. The molecule has 0 amide bonds. The van der Waals surface area contributed by atoms with Crippen molar-refractivity contribution in [2.75, 3.05) is 0 Å². The molecule has 0 bridgehead atoms. The molecule has 1 unspecified atom stereocenters. The van der Waals surface area contributed by atoms with Crippen molar-refractivity contribution in [3.05, 3.63) is 35.4 Å². The average Bonchev–Trinajstić information content (AvgIpc) is 2.28. The minimum absolute atomic E-state index is 0.410. The van der Waals surface area contributed by atoms with Gasteiger partial charge >= 0.3 is 0 Å². The molecule has 3 heteroatoms. The molecule has 0 fully saturated rings. The summed E-state index contributed by atoms with van der Waals surface area (Å²) < 4.78 is 25.6. The summed E-state index contributed by atoms with van der Waals surface area (Å²) in [6.45, 7) is 4.85. The summed E-state index contributed by atoms with van der Waals surface area (Å²) in [6.07, 6.45) is 3.48. The van der Waals surface area contributed by atoms with Crippen molar-refractivity contribution in [3.8, 4) is 0 Å². The highest BCUT2D eigenvalue weighted by molar-refractivity contribution is 5.17. The summed E-state index contributed by atoms with van der Waals surface area (Å²) in [5.41, 5.74) is 0.780. The van der Waals surface area contributed by atoms with Crippen LogP contribution in [0.3, 0.4) is 0 Å². The van der Waals surface area contributed by atoms with Crippen LogP contribution in [0.4, 0.5) is 8.78 Å². The fourth-order valence-electron chi connectivity index (χ4n) is 1.55. The lowest BCUT2D eigenvalue weighted by molar-refractivity contribution is 0.486. The summed E-state index contributed by atoms with van der Waals surface area (Å²) >= 11 is 0. The van der Waals surface area contributed by atoms with E-state index in [4.69, 9.17) is 0 Å². The third kappa shape index (κ3) is 4.27. The second kappa shape index (κ2) is 6.59. The van der Waals surface area contributed by atoms with E-state index in [1.807, 2.05) is 0 Å². The van der Waals surface area contributed by atoms with Gasteiger partial charge < -0.3 is 5.32 Å². The molecule has 16 heavy (non-hydrogen) atoms. The van der Waals surface area contributed by atoms with Gasteiger partial charge in [0.05, 0.1) is 0 Å². The standard InChI is InChI=1S/C13H19F2N/c1-3-4-5-10(2)16-9-11-6-7-12(14)13(15)8-11/h6-8,10,16H,3-5,9H2,1-2H3. The highest BCUT2D eigenvalue weighted by atomic mass is 19.2. The summed E-state index contributed by atoms with van der Waals surface area (Å²) in [6, 6.07) is 4.43. The van der Waals surface area contributed by atoms with Crippen molar-refractivity contribution < 1.29 is 8.78 Å². The SMILES string of the molecule is CCCCC(C)NCc1ccc(F)c(F)c1. The van der Waals surface area contributed by atoms with E-state index in [9.17, 15) is 8.78 Å². The fourth-order valence-corrected chi connectivity index (χ4v) is 1.55. The van der Waals surface area contributed by atoms with Crippen LogP contribution in [0.5, 0.6) is 0 Å². The molecule has 0 saturated heterocycles. The normalized spacial score (nSPS) is 12.8. The Morgan fingerprint density at radius 3 is 2.62 bits per heavy atom. The second-order valence-corrected chi connectivity index (χ2v) is 4.17. The molecule has 1 rings (SSSR count). The van der Waals surface area contributed by atoms with Crippen molar-refractivity contribution in [2.24, 2.45) is 0 Å². The fraction of sp³-hybridized carbons (Fsp3) is 0.538. The van der Waals surface area contributed by atoms with E-state index in [0.717, 1.165) is 12.0 Å². The lowest BCUT2D eigenvalue weighted by Gasteiger charge is -2.13. The van der Waals surface area contributed by atoms with Crippen LogP contribution in [0.2, 0.25) is 0 Å². The van der Waals surface area contributed by atoms with Gasteiger partial charge in [0.25, 0.3) is 0 Å². The minimum atomic E-state index is -0.789. The van der Waals surface area contributed by atoms with Gasteiger partial charge in [-0.3, -0.25) is 0 Å². The molecule has 1 atom stereocenters. The van der Waals surface area contributed by atoms with Crippen molar-refractivity contribution in [2.45, 2.75) is 45.7 Å². The van der Waals surface area contributed by atoms with Gasteiger partial charge in [0.1, 0.15) is 0 Å². The van der Waals surface area contributed by atoms with Crippen LogP contribution < -0.4 is 5.32 Å². The molecule has 1 aromatic rings. The van der Waals surface area contributed by atoms with E-state index in [2.05, 4.69) is 19.2 Å². The van der Waals surface area contributed by atoms with E-state index in [0.29, 0.717) is 12.6 Å². The summed E-state index contributed by atoms with van der Waals surface area (Å²) in [5.74, 6) is -1.57. The van der Waals surface area contributed by atoms with Gasteiger partial charge in [-0.2, -0.15) is 0 Å². The summed E-state index contributed by atoms with van der Waals surface area (Å²) in [7, 11) is 0. The number of rotatable bonds is 6. The second-order valence-electron chi connectivity index (χ2n) is 4.17. The van der Waals surface area contributed by atoms with Gasteiger partial charge in [0, 0.05) is 12.6 Å². The number of hydrogen-bond donors (Lipinski definition) is 1. The van der Waals surface area contributed by atoms with Crippen LogP contribution in [0.15, 0.2) is 18.2 Å². The van der Waals surface area contributed by atoms with E-state index >= 15 is 0 Å². The summed E-state index contributed by atoms with van der Waals surface area (Å²) in [5, 5.41) is 3.29. The molecule has 0 heterocycles. The molecule has 90 valence electrons. The quantitative estimate of drug-likeness (QED) is 0.782. The number of benzene rings is 1. The molecule has 0 saturated carbocycles. The Morgan fingerprint density at radius 1 is 1.25 bits per heavy atom. The van der Waals surface area contributed by atoms with Crippen molar-refractivity contribution in [1.82, 2.24) is 5.32 Å². The molecule has 1 nitrogen and oxygen atoms in total. The van der Waals surface area contributed by atoms with Crippen LogP contribution in [0, 0.1) is 11.6 Å². The minimum Gasteiger partial charge on any atom is -0.310 e. The van der Waals surface area contributed by atoms with Crippen molar-refractivity contribution in [3.63, 3.8) is 0 Å². The van der Waals surface area contributed by atoms with Gasteiger partial charge in [-0.05, 0) is 31.0 Å². The maximum Gasteiger partial charge on any atom is 0.159 e. The van der Waals surface area contributed by atoms with Crippen LogP contribution in [0.25, 0.3) is 0 Å². The third-order valence-corrected chi connectivity index (χ3v) is 2.63. The lowest BCUT2D eigenvalue weighted by Crippen LogP contribution is -2.25. The Bertz CT molecular complexity index is 326.